The summed E-state index contributed by atoms with van der Waals surface area (Å²) in [6.07, 6.45) is 0.415. The van der Waals surface area contributed by atoms with Gasteiger partial charge in [0, 0.05) is 0 Å². The second-order valence-corrected chi connectivity index (χ2v) is 4.85. The molecule has 1 atom stereocenters. The van der Waals surface area contributed by atoms with Crippen LogP contribution in [0.1, 0.15) is 12.5 Å². The van der Waals surface area contributed by atoms with E-state index in [2.05, 4.69) is 4.52 Å². The van der Waals surface area contributed by atoms with E-state index in [4.69, 9.17) is 19.7 Å². The van der Waals surface area contributed by atoms with Crippen molar-refractivity contribution in [3.05, 3.63) is 29.8 Å². The fourth-order valence-corrected chi connectivity index (χ4v) is 1.66. The van der Waals surface area contributed by atoms with Gasteiger partial charge in [0.05, 0.1) is 0 Å². The summed E-state index contributed by atoms with van der Waals surface area (Å²) >= 11 is 0. The summed E-state index contributed by atoms with van der Waals surface area (Å²) in [5, 5.41) is 8.83. The van der Waals surface area contributed by atoms with Crippen molar-refractivity contribution in [2.24, 2.45) is 5.92 Å². The zero-order chi connectivity index (χ0) is 13.1. The van der Waals surface area contributed by atoms with Crippen LogP contribution < -0.4 is 4.52 Å². The van der Waals surface area contributed by atoms with E-state index < -0.39 is 19.7 Å². The average molecular weight is 261 g/mol. The van der Waals surface area contributed by atoms with Gasteiger partial charge in [0.2, 0.25) is 0 Å². The number of rotatable bonds is 5. The van der Waals surface area contributed by atoms with Crippen LogP contribution in [0.25, 0.3) is 0 Å². The minimum atomic E-state index is -4.53. The van der Waals surface area contributed by atoms with E-state index in [1.165, 1.54) is 12.1 Å². The molecule has 0 aliphatic rings. The third-order valence-corrected chi connectivity index (χ3v) is 2.58. The van der Waals surface area contributed by atoms with Crippen LogP contribution in [0.4, 0.5) is 0 Å². The van der Waals surface area contributed by atoms with E-state index in [1.807, 2.05) is 0 Å². The van der Waals surface area contributed by atoms with Crippen LogP contribution in [-0.4, -0.2) is 25.7 Å². The van der Waals surface area contributed by atoms with Crippen molar-refractivity contribution in [1.82, 2.24) is 0 Å². The van der Waals surface area contributed by atoms with Gasteiger partial charge in [-0.3, -0.25) is 9.79 Å². The van der Waals surface area contributed by atoms with Gasteiger partial charge >= 0.3 is 13.8 Å². The molecule has 0 bridgehead atoms. The van der Waals surface area contributed by atoms with Crippen LogP contribution in [0.15, 0.2) is 24.3 Å². The van der Waals surface area contributed by atoms with E-state index in [0.717, 1.165) is 5.56 Å². The van der Waals surface area contributed by atoms with Crippen molar-refractivity contribution in [2.45, 2.75) is 13.3 Å². The summed E-state index contributed by atoms with van der Waals surface area (Å²) < 4.78 is 14.9. The van der Waals surface area contributed by atoms with Gasteiger partial charge in [-0.25, -0.2) is 4.57 Å². The molecule has 0 aliphatic heterocycles. The van der Waals surface area contributed by atoms with Crippen LogP contribution in [0.2, 0.25) is 0 Å². The molecule has 6 nitrogen and oxygen atoms in total. The summed E-state index contributed by atoms with van der Waals surface area (Å²) in [4.78, 5) is 26.0. The lowest BCUT2D eigenvalue weighted by atomic mass is 10.0. The van der Waals surface area contributed by atoms with E-state index in [0.29, 0.717) is 6.42 Å². The lowest BCUT2D eigenvalue weighted by Crippen LogP contribution is -2.12. The van der Waals surface area contributed by atoms with E-state index in [-0.39, 0.29) is 5.75 Å². The third-order valence-electron chi connectivity index (χ3n) is 2.13. The minimum absolute atomic E-state index is 0.0620. The number of benzene rings is 1. The van der Waals surface area contributed by atoms with Gasteiger partial charge in [0.1, 0.15) is 11.7 Å². The molecule has 1 rings (SSSR count). The van der Waals surface area contributed by atoms with Crippen LogP contribution in [0, 0.1) is 5.92 Å². The zero-order valence-corrected chi connectivity index (χ0v) is 10.0. The Morgan fingerprint density at radius 1 is 1.41 bits per heavy atom. The molecule has 0 unspecified atom stereocenters. The first-order chi connectivity index (χ1) is 7.78. The topological polar surface area (TPSA) is 108 Å². The molecule has 0 saturated carbocycles. The lowest BCUT2D eigenvalue weighted by molar-refractivity contribution is 0.283. The second kappa shape index (κ2) is 5.31. The largest absolute Gasteiger partial charge is 0.524 e. The molecule has 94 valence electrons. The number of aliphatic hydroxyl groups excluding tert-OH is 1. The third kappa shape index (κ3) is 4.99. The first-order valence-electron chi connectivity index (χ1n) is 4.87. The molecule has 0 spiro atoms. The number of hydrogen-bond donors (Lipinski definition) is 3. The highest BCUT2D eigenvalue weighted by Crippen LogP contribution is 2.37. The lowest BCUT2D eigenvalue weighted by Gasteiger charge is -2.07. The van der Waals surface area contributed by atoms with Gasteiger partial charge in [-0.05, 0) is 31.0 Å². The quantitative estimate of drug-likeness (QED) is 0.548. The monoisotopic (exact) mass is 261 g/mol. The summed E-state index contributed by atoms with van der Waals surface area (Å²) in [5.74, 6) is -0.976. The SMILES string of the molecule is C[C@@H](Cc1ccc(OP(=O)(O)O)cc1)C(O)=[OH+]. The van der Waals surface area contributed by atoms with E-state index in [1.54, 1.807) is 19.1 Å². The normalized spacial score (nSPS) is 13.1. The minimum Gasteiger partial charge on any atom is -0.404 e. The van der Waals surface area contributed by atoms with Gasteiger partial charge in [-0.1, -0.05) is 12.1 Å². The zero-order valence-electron chi connectivity index (χ0n) is 9.15. The number of aliphatic carboxylic acids is 1. The maximum absolute atomic E-state index is 10.6. The number of hydrogen-bond acceptors (Lipinski definition) is 2. The van der Waals surface area contributed by atoms with Crippen LogP contribution in [0.3, 0.4) is 0 Å². The molecule has 0 heterocycles. The van der Waals surface area contributed by atoms with Crippen molar-refractivity contribution in [1.29, 1.82) is 0 Å². The highest BCUT2D eigenvalue weighted by atomic mass is 31.2. The first-order valence-corrected chi connectivity index (χ1v) is 6.40. The summed E-state index contributed by atoms with van der Waals surface area (Å²) in [7, 11) is -4.53. The van der Waals surface area contributed by atoms with Crippen molar-refractivity contribution >= 4 is 13.8 Å². The number of phosphoric acid groups is 1. The molecule has 0 aliphatic carbocycles. The molecule has 1 aromatic rings. The van der Waals surface area contributed by atoms with Crippen LogP contribution in [-0.2, 0) is 11.0 Å². The second-order valence-electron chi connectivity index (χ2n) is 3.69. The summed E-state index contributed by atoms with van der Waals surface area (Å²) in [6.45, 7) is 1.65. The Bertz CT molecular complexity index is 435. The van der Waals surface area contributed by atoms with Crippen LogP contribution in [0.5, 0.6) is 5.75 Å². The summed E-state index contributed by atoms with van der Waals surface area (Å²) in [6, 6.07) is 6.03. The number of carboxylic acids is 1. The predicted molar refractivity (Wildman–Crippen MR) is 61.6 cm³/mol. The van der Waals surface area contributed by atoms with Crippen LogP contribution >= 0.6 is 7.82 Å². The van der Waals surface area contributed by atoms with E-state index in [9.17, 15) is 4.57 Å². The molecular weight excluding hydrogens is 247 g/mol. The Morgan fingerprint density at radius 3 is 2.35 bits per heavy atom. The van der Waals surface area contributed by atoms with Gasteiger partial charge in [-0.2, -0.15) is 0 Å². The number of phosphoric ester groups is 1. The molecule has 17 heavy (non-hydrogen) atoms. The Labute approximate surface area is 98.1 Å². The molecule has 0 radical (unpaired) electrons. The Hall–Kier alpha value is -1.36. The van der Waals surface area contributed by atoms with Gasteiger partial charge in [0.15, 0.2) is 0 Å². The van der Waals surface area contributed by atoms with Crippen molar-refractivity contribution in [2.75, 3.05) is 0 Å². The molecule has 0 fully saturated rings. The highest BCUT2D eigenvalue weighted by molar-refractivity contribution is 7.46. The molecule has 1 aromatic carbocycles. The Kier molecular flexibility index (Phi) is 4.28. The molecule has 0 aromatic heterocycles. The van der Waals surface area contributed by atoms with Gasteiger partial charge in [-0.15, -0.1) is 0 Å². The molecular formula is C10H14O6P+. The first kappa shape index (κ1) is 13.7. The fourth-order valence-electron chi connectivity index (χ4n) is 1.27. The van der Waals surface area contributed by atoms with E-state index >= 15 is 0 Å². The van der Waals surface area contributed by atoms with Crippen molar-refractivity contribution in [3.8, 4) is 5.75 Å². The highest BCUT2D eigenvalue weighted by Gasteiger charge is 2.19. The van der Waals surface area contributed by atoms with Gasteiger partial charge in [0.25, 0.3) is 0 Å². The van der Waals surface area contributed by atoms with Crippen molar-refractivity contribution in [3.63, 3.8) is 0 Å². The smallest absolute Gasteiger partial charge is 0.404 e. The Balaban J connectivity index is 2.68. The van der Waals surface area contributed by atoms with Crippen molar-refractivity contribution < 1.29 is 28.8 Å². The molecule has 0 amide bonds. The maximum Gasteiger partial charge on any atom is 0.524 e. The molecule has 7 heteroatoms. The Morgan fingerprint density at radius 2 is 1.94 bits per heavy atom. The molecule has 4 N–H and O–H groups in total. The fraction of sp³-hybridized carbons (Fsp3) is 0.300. The average Bonchev–Trinajstić information content (AvgIpc) is 2.18. The standard InChI is InChI=1S/C10H13O6P/c1-7(10(11)12)6-8-2-4-9(5-3-8)16-17(13,14)15/h2-5,7H,6H2,1H3,(H,11,12)(H2,13,14,15)/p+1/t7-/m0/s1. The van der Waals surface area contributed by atoms with Gasteiger partial charge < -0.3 is 14.4 Å². The number of carboxylic acid groups (broad SMARTS) is 1. The predicted octanol–water partition coefficient (Wildman–Crippen LogP) is 1.40. The molecule has 0 saturated heterocycles. The summed E-state index contributed by atoms with van der Waals surface area (Å²) in [5.41, 5.74) is 0.802. The maximum atomic E-state index is 10.6.